The molecule has 0 atom stereocenters. The highest BCUT2D eigenvalue weighted by Crippen LogP contribution is 2.10. The first-order valence-corrected chi connectivity index (χ1v) is 6.66. The van der Waals surface area contributed by atoms with Gasteiger partial charge in [0.15, 0.2) is 0 Å². The number of hydrogen-bond acceptors (Lipinski definition) is 1. The Balaban J connectivity index is 1.92. The van der Waals surface area contributed by atoms with Gasteiger partial charge in [-0.3, -0.25) is 4.79 Å². The number of halogens is 1. The molecule has 2 rings (SSSR count). The van der Waals surface area contributed by atoms with Crippen molar-refractivity contribution in [3.05, 3.63) is 70.5 Å². The van der Waals surface area contributed by atoms with E-state index in [1.165, 1.54) is 29.3 Å². The molecule has 0 fully saturated rings. The van der Waals surface area contributed by atoms with E-state index in [1.807, 2.05) is 25.1 Å². The first-order valence-electron chi connectivity index (χ1n) is 6.66. The summed E-state index contributed by atoms with van der Waals surface area (Å²) in [4.78, 5) is 12.0. The number of carbonyl (C=O) groups is 1. The lowest BCUT2D eigenvalue weighted by Gasteiger charge is -2.08. The first-order chi connectivity index (χ1) is 9.56. The minimum absolute atomic E-state index is 0.157. The Kier molecular flexibility index (Phi) is 4.51. The summed E-state index contributed by atoms with van der Waals surface area (Å²) in [6.07, 6.45) is 0.785. The summed E-state index contributed by atoms with van der Waals surface area (Å²) in [5.41, 5.74) is 3.58. The van der Waals surface area contributed by atoms with Gasteiger partial charge in [0.25, 0.3) is 5.91 Å². The molecule has 1 amide bonds. The summed E-state index contributed by atoms with van der Waals surface area (Å²) < 4.78 is 13.0. The molecule has 0 spiro atoms. The highest BCUT2D eigenvalue weighted by molar-refractivity contribution is 5.95. The number of nitrogens with one attached hydrogen (secondary N) is 1. The highest BCUT2D eigenvalue weighted by atomic mass is 19.1. The maximum absolute atomic E-state index is 13.0. The summed E-state index contributed by atoms with van der Waals surface area (Å²) >= 11 is 0. The Morgan fingerprint density at radius 1 is 1.15 bits per heavy atom. The van der Waals surface area contributed by atoms with Crippen molar-refractivity contribution in [2.45, 2.75) is 20.3 Å². The molecular formula is C17H18FNO. The van der Waals surface area contributed by atoms with E-state index in [2.05, 4.69) is 11.4 Å². The van der Waals surface area contributed by atoms with E-state index in [1.54, 1.807) is 6.92 Å². The van der Waals surface area contributed by atoms with Crippen LogP contribution in [-0.2, 0) is 6.42 Å². The predicted molar refractivity (Wildman–Crippen MR) is 78.4 cm³/mol. The number of benzene rings is 2. The first kappa shape index (κ1) is 14.3. The number of carbonyl (C=O) groups excluding carboxylic acids is 1. The van der Waals surface area contributed by atoms with Gasteiger partial charge in [-0.25, -0.2) is 4.39 Å². The Morgan fingerprint density at radius 3 is 2.65 bits per heavy atom. The molecule has 2 aromatic rings. The average molecular weight is 271 g/mol. The standard InChI is InChI=1S/C17H18FNO/c1-12-4-3-5-14(10-12)8-9-19-17(20)16-7-6-15(18)11-13(16)2/h3-7,10-11H,8-9H2,1-2H3,(H,19,20). The SMILES string of the molecule is Cc1cccc(CCNC(=O)c2ccc(F)cc2C)c1. The van der Waals surface area contributed by atoms with Gasteiger partial charge >= 0.3 is 0 Å². The molecule has 3 heteroatoms. The van der Waals surface area contributed by atoms with Gasteiger partial charge in [-0.1, -0.05) is 29.8 Å². The Morgan fingerprint density at radius 2 is 1.95 bits per heavy atom. The molecule has 0 heterocycles. The van der Waals surface area contributed by atoms with Crippen LogP contribution < -0.4 is 5.32 Å². The van der Waals surface area contributed by atoms with Crippen molar-refractivity contribution in [1.29, 1.82) is 0 Å². The van der Waals surface area contributed by atoms with Crippen molar-refractivity contribution in [3.63, 3.8) is 0 Å². The maximum atomic E-state index is 13.0. The van der Waals surface area contributed by atoms with Crippen LogP contribution in [0.2, 0.25) is 0 Å². The van der Waals surface area contributed by atoms with Crippen LogP contribution in [0.15, 0.2) is 42.5 Å². The third-order valence-electron chi connectivity index (χ3n) is 3.21. The van der Waals surface area contributed by atoms with Gasteiger partial charge in [-0.05, 0) is 49.6 Å². The van der Waals surface area contributed by atoms with E-state index in [9.17, 15) is 9.18 Å². The minimum atomic E-state index is -0.321. The van der Waals surface area contributed by atoms with Crippen LogP contribution in [0.4, 0.5) is 4.39 Å². The fourth-order valence-corrected chi connectivity index (χ4v) is 2.17. The summed E-state index contributed by atoms with van der Waals surface area (Å²) in [5.74, 6) is -0.478. The topological polar surface area (TPSA) is 29.1 Å². The van der Waals surface area contributed by atoms with Crippen LogP contribution in [-0.4, -0.2) is 12.5 Å². The zero-order chi connectivity index (χ0) is 14.5. The second-order valence-electron chi connectivity index (χ2n) is 4.95. The lowest BCUT2D eigenvalue weighted by molar-refractivity contribution is 0.0953. The van der Waals surface area contributed by atoms with E-state index < -0.39 is 0 Å². The summed E-state index contributed by atoms with van der Waals surface area (Å²) in [7, 11) is 0. The summed E-state index contributed by atoms with van der Waals surface area (Å²) in [6, 6.07) is 12.4. The third-order valence-corrected chi connectivity index (χ3v) is 3.21. The van der Waals surface area contributed by atoms with E-state index in [0.29, 0.717) is 17.7 Å². The van der Waals surface area contributed by atoms with Gasteiger partial charge in [-0.2, -0.15) is 0 Å². The summed E-state index contributed by atoms with van der Waals surface area (Å²) in [6.45, 7) is 4.35. The predicted octanol–water partition coefficient (Wildman–Crippen LogP) is 3.42. The van der Waals surface area contributed by atoms with Crippen LogP contribution in [0.3, 0.4) is 0 Å². The molecule has 0 saturated heterocycles. The molecule has 0 aliphatic carbocycles. The lowest BCUT2D eigenvalue weighted by atomic mass is 10.1. The molecule has 0 aliphatic rings. The lowest BCUT2D eigenvalue weighted by Crippen LogP contribution is -2.26. The molecule has 2 aromatic carbocycles. The van der Waals surface area contributed by atoms with Gasteiger partial charge in [0.05, 0.1) is 0 Å². The van der Waals surface area contributed by atoms with Crippen molar-refractivity contribution in [2.24, 2.45) is 0 Å². The van der Waals surface area contributed by atoms with Gasteiger partial charge < -0.3 is 5.32 Å². The van der Waals surface area contributed by atoms with Crippen molar-refractivity contribution >= 4 is 5.91 Å². The minimum Gasteiger partial charge on any atom is -0.352 e. The van der Waals surface area contributed by atoms with E-state index in [-0.39, 0.29) is 11.7 Å². The van der Waals surface area contributed by atoms with Gasteiger partial charge in [0, 0.05) is 12.1 Å². The number of aryl methyl sites for hydroxylation is 2. The molecular weight excluding hydrogens is 253 g/mol. The van der Waals surface area contributed by atoms with Crippen molar-refractivity contribution in [2.75, 3.05) is 6.54 Å². The number of amides is 1. The molecule has 20 heavy (non-hydrogen) atoms. The smallest absolute Gasteiger partial charge is 0.251 e. The normalized spacial score (nSPS) is 10.3. The quantitative estimate of drug-likeness (QED) is 0.907. The largest absolute Gasteiger partial charge is 0.352 e. The van der Waals surface area contributed by atoms with Crippen LogP contribution in [0.1, 0.15) is 27.0 Å². The van der Waals surface area contributed by atoms with Crippen LogP contribution in [0.25, 0.3) is 0 Å². The Bertz CT molecular complexity index is 622. The van der Waals surface area contributed by atoms with Crippen LogP contribution in [0, 0.1) is 19.7 Å². The van der Waals surface area contributed by atoms with Gasteiger partial charge in [0.2, 0.25) is 0 Å². The van der Waals surface area contributed by atoms with E-state index >= 15 is 0 Å². The molecule has 1 N–H and O–H groups in total. The van der Waals surface area contributed by atoms with Gasteiger partial charge in [0.1, 0.15) is 5.82 Å². The fraction of sp³-hybridized carbons (Fsp3) is 0.235. The zero-order valence-electron chi connectivity index (χ0n) is 11.7. The monoisotopic (exact) mass is 271 g/mol. The molecule has 0 aliphatic heterocycles. The third kappa shape index (κ3) is 3.67. The molecule has 2 nitrogen and oxygen atoms in total. The number of rotatable bonds is 4. The van der Waals surface area contributed by atoms with Crippen LogP contribution >= 0.6 is 0 Å². The van der Waals surface area contributed by atoms with Crippen molar-refractivity contribution in [3.8, 4) is 0 Å². The van der Waals surface area contributed by atoms with Crippen molar-refractivity contribution < 1.29 is 9.18 Å². The van der Waals surface area contributed by atoms with E-state index in [4.69, 9.17) is 0 Å². The number of hydrogen-bond donors (Lipinski definition) is 1. The Hall–Kier alpha value is -2.16. The zero-order valence-corrected chi connectivity index (χ0v) is 11.7. The molecule has 0 aromatic heterocycles. The fourth-order valence-electron chi connectivity index (χ4n) is 2.17. The van der Waals surface area contributed by atoms with Crippen LogP contribution in [0.5, 0.6) is 0 Å². The summed E-state index contributed by atoms with van der Waals surface area (Å²) in [5, 5.41) is 2.87. The molecule has 0 bridgehead atoms. The second-order valence-corrected chi connectivity index (χ2v) is 4.95. The average Bonchev–Trinajstić information content (AvgIpc) is 2.38. The molecule has 0 saturated carbocycles. The van der Waals surface area contributed by atoms with Crippen molar-refractivity contribution in [1.82, 2.24) is 5.32 Å². The molecule has 104 valence electrons. The van der Waals surface area contributed by atoms with E-state index in [0.717, 1.165) is 6.42 Å². The van der Waals surface area contributed by atoms with Gasteiger partial charge in [-0.15, -0.1) is 0 Å². The second kappa shape index (κ2) is 6.33. The maximum Gasteiger partial charge on any atom is 0.251 e. The molecule has 0 radical (unpaired) electrons. The Labute approximate surface area is 118 Å². The molecule has 0 unspecified atom stereocenters. The highest BCUT2D eigenvalue weighted by Gasteiger charge is 2.08.